The summed E-state index contributed by atoms with van der Waals surface area (Å²) in [6, 6.07) is 0.261. The number of halogens is 2. The highest BCUT2D eigenvalue weighted by Gasteiger charge is 2.13. The molecule has 2 rings (SSSR count). The number of nitrogens with two attached hydrogens (primary N) is 1. The summed E-state index contributed by atoms with van der Waals surface area (Å²) in [5, 5.41) is 5.83. The molecule has 1 aliphatic heterocycles. The summed E-state index contributed by atoms with van der Waals surface area (Å²) in [6.45, 7) is 4.93. The summed E-state index contributed by atoms with van der Waals surface area (Å²) < 4.78 is 18.6. The van der Waals surface area contributed by atoms with Gasteiger partial charge in [-0.15, -0.1) is 0 Å². The highest BCUT2D eigenvalue weighted by Crippen LogP contribution is 2.23. The average Bonchev–Trinajstić information content (AvgIpc) is 2.45. The van der Waals surface area contributed by atoms with Gasteiger partial charge in [-0.05, 0) is 25.5 Å². The van der Waals surface area contributed by atoms with Crippen molar-refractivity contribution in [3.63, 3.8) is 0 Å². The van der Waals surface area contributed by atoms with Crippen LogP contribution in [-0.4, -0.2) is 29.7 Å². The van der Waals surface area contributed by atoms with Gasteiger partial charge in [-0.3, -0.25) is 0 Å². The van der Waals surface area contributed by atoms with Crippen LogP contribution in [0.5, 0.6) is 6.01 Å². The van der Waals surface area contributed by atoms with Crippen molar-refractivity contribution in [2.24, 2.45) is 0 Å². The number of hydrogen-bond acceptors (Lipinski definition) is 6. The van der Waals surface area contributed by atoms with E-state index in [2.05, 4.69) is 20.6 Å². The van der Waals surface area contributed by atoms with Gasteiger partial charge in [-0.25, -0.2) is 4.39 Å². The van der Waals surface area contributed by atoms with Crippen LogP contribution in [-0.2, 0) is 0 Å². The zero-order chi connectivity index (χ0) is 15.4. The summed E-state index contributed by atoms with van der Waals surface area (Å²) in [6.07, 6.45) is 1.39. The second-order valence-electron chi connectivity index (χ2n) is 4.46. The van der Waals surface area contributed by atoms with Crippen molar-refractivity contribution in [2.75, 3.05) is 30.7 Å². The number of ether oxygens (including phenoxy) is 1. The van der Waals surface area contributed by atoms with E-state index in [-0.39, 0.29) is 11.2 Å². The first-order chi connectivity index (χ1) is 10.0. The van der Waals surface area contributed by atoms with Gasteiger partial charge in [0.25, 0.3) is 0 Å². The average molecular weight is 314 g/mol. The largest absolute Gasteiger partial charge is 0.464 e. The van der Waals surface area contributed by atoms with Crippen molar-refractivity contribution in [1.82, 2.24) is 15.3 Å². The Labute approximate surface area is 127 Å². The molecule has 0 atom stereocenters. The Morgan fingerprint density at radius 3 is 2.95 bits per heavy atom. The predicted molar refractivity (Wildman–Crippen MR) is 80.9 cm³/mol. The topological polar surface area (TPSA) is 85.1 Å². The van der Waals surface area contributed by atoms with Crippen LogP contribution in [0.3, 0.4) is 0 Å². The lowest BCUT2D eigenvalue weighted by Gasteiger charge is -2.17. The van der Waals surface area contributed by atoms with E-state index >= 15 is 0 Å². The Balaban J connectivity index is 2.11. The van der Waals surface area contributed by atoms with Crippen molar-refractivity contribution in [3.05, 3.63) is 28.3 Å². The quantitative estimate of drug-likeness (QED) is 0.722. The Morgan fingerprint density at radius 2 is 2.29 bits per heavy atom. The van der Waals surface area contributed by atoms with Gasteiger partial charge in [0.05, 0.1) is 18.0 Å². The molecule has 0 fully saturated rings. The second kappa shape index (κ2) is 6.62. The fraction of sp³-hybridized carbons (Fsp3) is 0.385. The highest BCUT2D eigenvalue weighted by atomic mass is 35.5. The first-order valence-electron chi connectivity index (χ1n) is 6.50. The van der Waals surface area contributed by atoms with Crippen LogP contribution in [0.1, 0.15) is 12.6 Å². The molecule has 4 N–H and O–H groups in total. The Bertz CT molecular complexity index is 602. The second-order valence-corrected chi connectivity index (χ2v) is 4.84. The summed E-state index contributed by atoms with van der Waals surface area (Å²) in [5.41, 5.74) is 7.79. The molecule has 114 valence electrons. The highest BCUT2D eigenvalue weighted by molar-refractivity contribution is 6.29. The van der Waals surface area contributed by atoms with E-state index in [0.29, 0.717) is 36.9 Å². The number of dihydropyridines is 1. The molecule has 0 amide bonds. The van der Waals surface area contributed by atoms with Gasteiger partial charge in [-0.2, -0.15) is 9.97 Å². The van der Waals surface area contributed by atoms with E-state index < -0.39 is 5.83 Å². The van der Waals surface area contributed by atoms with E-state index in [9.17, 15) is 4.39 Å². The molecule has 0 saturated heterocycles. The van der Waals surface area contributed by atoms with E-state index in [1.54, 1.807) is 6.92 Å². The fourth-order valence-corrected chi connectivity index (χ4v) is 1.89. The zero-order valence-corrected chi connectivity index (χ0v) is 12.6. The van der Waals surface area contributed by atoms with Crippen molar-refractivity contribution >= 4 is 23.1 Å². The Hall–Kier alpha value is -2.02. The van der Waals surface area contributed by atoms with Gasteiger partial charge >= 0.3 is 6.01 Å². The van der Waals surface area contributed by atoms with Crippen LogP contribution in [0.4, 0.5) is 15.9 Å². The van der Waals surface area contributed by atoms with Gasteiger partial charge in [-0.1, -0.05) is 11.6 Å². The van der Waals surface area contributed by atoms with Gasteiger partial charge in [0, 0.05) is 13.1 Å². The maximum absolute atomic E-state index is 13.4. The third kappa shape index (κ3) is 3.75. The minimum absolute atomic E-state index is 0.0229. The van der Waals surface area contributed by atoms with Crippen molar-refractivity contribution in [2.45, 2.75) is 13.8 Å². The third-order valence-electron chi connectivity index (χ3n) is 2.88. The molecule has 0 unspecified atom stereocenters. The van der Waals surface area contributed by atoms with Crippen LogP contribution < -0.4 is 21.1 Å². The molecule has 0 aromatic carbocycles. The number of aromatic nitrogens is 2. The number of nitrogen functional groups attached to an aromatic ring is 1. The standard InChI is InChI=1S/C13H17ClFN5O/c1-3-21-13-19-7(2)10(16)12(20-13)18-6-8-4-9(15)11(14)17-5-8/h4,17H,3,5-6,16H2,1-2H3,(H,18,19,20). The monoisotopic (exact) mass is 313 g/mol. The lowest BCUT2D eigenvalue weighted by Crippen LogP contribution is -2.23. The molecule has 1 aromatic rings. The first kappa shape index (κ1) is 15.4. The van der Waals surface area contributed by atoms with Crippen molar-refractivity contribution < 1.29 is 9.13 Å². The van der Waals surface area contributed by atoms with Gasteiger partial charge in [0.1, 0.15) is 5.16 Å². The fourth-order valence-electron chi connectivity index (χ4n) is 1.76. The number of aryl methyl sites for hydroxylation is 1. The van der Waals surface area contributed by atoms with Crippen LogP contribution in [0, 0.1) is 6.92 Å². The normalized spacial score (nSPS) is 14.6. The van der Waals surface area contributed by atoms with Crippen LogP contribution >= 0.6 is 11.6 Å². The number of nitrogens with zero attached hydrogens (tertiary/aromatic N) is 2. The summed E-state index contributed by atoms with van der Waals surface area (Å²) in [5.74, 6) is -0.0190. The number of nitrogens with one attached hydrogen (secondary N) is 2. The van der Waals surface area contributed by atoms with Crippen molar-refractivity contribution in [3.8, 4) is 6.01 Å². The minimum Gasteiger partial charge on any atom is -0.464 e. The zero-order valence-electron chi connectivity index (χ0n) is 11.8. The van der Waals surface area contributed by atoms with Crippen molar-refractivity contribution in [1.29, 1.82) is 0 Å². The number of hydrogen-bond donors (Lipinski definition) is 3. The maximum Gasteiger partial charge on any atom is 0.318 e. The summed E-state index contributed by atoms with van der Waals surface area (Å²) in [7, 11) is 0. The van der Waals surface area contributed by atoms with Gasteiger partial charge in [0.2, 0.25) is 0 Å². The van der Waals surface area contributed by atoms with Crippen LogP contribution in [0.25, 0.3) is 0 Å². The van der Waals surface area contributed by atoms with E-state index in [1.165, 1.54) is 6.08 Å². The molecular weight excluding hydrogens is 297 g/mol. The molecule has 0 bridgehead atoms. The number of anilines is 2. The number of rotatable bonds is 5. The SMILES string of the molecule is CCOc1nc(C)c(N)c(NCC2=CC(F)=C(Cl)NC2)n1. The molecule has 8 heteroatoms. The maximum atomic E-state index is 13.4. The molecule has 2 heterocycles. The predicted octanol–water partition coefficient (Wildman–Crippen LogP) is 2.08. The van der Waals surface area contributed by atoms with Gasteiger partial charge in [0.15, 0.2) is 11.6 Å². The third-order valence-corrected chi connectivity index (χ3v) is 3.20. The molecule has 0 radical (unpaired) electrons. The smallest absolute Gasteiger partial charge is 0.318 e. The first-order valence-corrected chi connectivity index (χ1v) is 6.88. The van der Waals surface area contributed by atoms with Crippen LogP contribution in [0.15, 0.2) is 22.6 Å². The minimum atomic E-state index is -0.485. The number of allylic oxidation sites excluding steroid dienone is 2. The summed E-state index contributed by atoms with van der Waals surface area (Å²) >= 11 is 5.62. The molecule has 0 saturated carbocycles. The van der Waals surface area contributed by atoms with E-state index in [4.69, 9.17) is 22.1 Å². The molecule has 0 spiro atoms. The molecular formula is C13H17ClFN5O. The van der Waals surface area contributed by atoms with Gasteiger partial charge < -0.3 is 21.1 Å². The van der Waals surface area contributed by atoms with E-state index in [1.807, 2.05) is 6.92 Å². The Morgan fingerprint density at radius 1 is 1.52 bits per heavy atom. The Kier molecular flexibility index (Phi) is 4.85. The summed E-state index contributed by atoms with van der Waals surface area (Å²) in [4.78, 5) is 8.32. The molecule has 6 nitrogen and oxygen atoms in total. The van der Waals surface area contributed by atoms with Crippen LogP contribution in [0.2, 0.25) is 0 Å². The molecule has 21 heavy (non-hydrogen) atoms. The molecule has 1 aromatic heterocycles. The molecule has 1 aliphatic rings. The molecule has 0 aliphatic carbocycles. The lowest BCUT2D eigenvalue weighted by atomic mass is 10.2. The lowest BCUT2D eigenvalue weighted by molar-refractivity contribution is 0.312. The van der Waals surface area contributed by atoms with E-state index in [0.717, 1.165) is 5.57 Å².